The number of alkyl carbamates (subject to hydrolysis) is 1. The fraction of sp³-hybridized carbons (Fsp3) is 0.400. The summed E-state index contributed by atoms with van der Waals surface area (Å²) in [6.45, 7) is 0.389. The number of benzene rings is 2. The highest BCUT2D eigenvalue weighted by atomic mass is 16.5. The lowest BCUT2D eigenvalue weighted by molar-refractivity contribution is -0.142. The van der Waals surface area contributed by atoms with Crippen molar-refractivity contribution in [2.24, 2.45) is 5.92 Å². The van der Waals surface area contributed by atoms with E-state index in [1.165, 1.54) is 11.1 Å². The second-order valence-corrected chi connectivity index (χ2v) is 8.35. The number of carbonyl (C=O) groups is 3. The van der Waals surface area contributed by atoms with Gasteiger partial charge < -0.3 is 25.2 Å². The zero-order chi connectivity index (χ0) is 23.2. The normalized spacial score (nSPS) is 18.9. The molecule has 2 aromatic carbocycles. The Morgan fingerprint density at radius 2 is 1.64 bits per heavy atom. The molecular formula is C25H28N2O6. The molecule has 8 nitrogen and oxygen atoms in total. The maximum absolute atomic E-state index is 12.1. The van der Waals surface area contributed by atoms with Crippen LogP contribution in [0.25, 0.3) is 11.1 Å². The van der Waals surface area contributed by atoms with E-state index in [9.17, 15) is 14.4 Å². The molecule has 174 valence electrons. The Bertz CT molecular complexity index is 978. The van der Waals surface area contributed by atoms with Crippen molar-refractivity contribution in [2.45, 2.75) is 31.2 Å². The summed E-state index contributed by atoms with van der Waals surface area (Å²) >= 11 is 0. The topological polar surface area (TPSA) is 114 Å². The molecule has 1 fully saturated rings. The molecule has 2 atom stereocenters. The number of rotatable bonds is 9. The summed E-state index contributed by atoms with van der Waals surface area (Å²) in [5.41, 5.74) is 4.63. The van der Waals surface area contributed by atoms with Crippen LogP contribution in [-0.2, 0) is 19.1 Å². The van der Waals surface area contributed by atoms with Gasteiger partial charge in [0.2, 0.25) is 5.91 Å². The summed E-state index contributed by atoms with van der Waals surface area (Å²) < 4.78 is 10.7. The average Bonchev–Trinajstić information content (AvgIpc) is 3.40. The average molecular weight is 453 g/mol. The first-order valence-corrected chi connectivity index (χ1v) is 11.2. The standard InChI is InChI=1S/C25H28N2O6/c28-23(27-22-11-5-10-20(22)24(29)30)15-32-13-12-26-25(31)33-14-21-18-8-3-1-6-16(18)17-7-2-4-9-19(17)21/h1-4,6-9,20-22H,5,10-15H2,(H,26,31)(H,27,28)(H,29,30)/t20-,22+/m1/s1. The van der Waals surface area contributed by atoms with Crippen LogP contribution in [0.4, 0.5) is 4.79 Å². The lowest BCUT2D eigenvalue weighted by Gasteiger charge is -2.17. The molecule has 0 heterocycles. The third-order valence-corrected chi connectivity index (χ3v) is 6.27. The molecule has 2 aromatic rings. The van der Waals surface area contributed by atoms with Crippen LogP contribution < -0.4 is 10.6 Å². The third kappa shape index (κ3) is 5.34. The van der Waals surface area contributed by atoms with Gasteiger partial charge in [-0.05, 0) is 35.1 Å². The van der Waals surface area contributed by atoms with Crippen LogP contribution in [0.5, 0.6) is 0 Å². The highest BCUT2D eigenvalue weighted by Gasteiger charge is 2.33. The summed E-state index contributed by atoms with van der Waals surface area (Å²) in [5, 5.41) is 14.5. The predicted octanol–water partition coefficient (Wildman–Crippen LogP) is 2.91. The fourth-order valence-electron chi connectivity index (χ4n) is 4.72. The van der Waals surface area contributed by atoms with Gasteiger partial charge in [0.05, 0.1) is 12.5 Å². The van der Waals surface area contributed by atoms with Gasteiger partial charge in [0.1, 0.15) is 13.2 Å². The van der Waals surface area contributed by atoms with Crippen molar-refractivity contribution in [3.8, 4) is 11.1 Å². The first-order valence-electron chi connectivity index (χ1n) is 11.2. The number of carboxylic acid groups (broad SMARTS) is 1. The molecule has 0 radical (unpaired) electrons. The fourth-order valence-corrected chi connectivity index (χ4v) is 4.72. The summed E-state index contributed by atoms with van der Waals surface area (Å²) in [5.74, 6) is -1.78. The van der Waals surface area contributed by atoms with Gasteiger partial charge in [-0.15, -0.1) is 0 Å². The predicted molar refractivity (Wildman–Crippen MR) is 121 cm³/mol. The molecule has 0 unspecified atom stereocenters. The summed E-state index contributed by atoms with van der Waals surface area (Å²) in [7, 11) is 0. The third-order valence-electron chi connectivity index (χ3n) is 6.27. The summed E-state index contributed by atoms with van der Waals surface area (Å²) in [6.07, 6.45) is 1.48. The summed E-state index contributed by atoms with van der Waals surface area (Å²) in [4.78, 5) is 35.3. The van der Waals surface area contributed by atoms with Crippen molar-refractivity contribution in [1.29, 1.82) is 0 Å². The smallest absolute Gasteiger partial charge is 0.407 e. The molecule has 2 aliphatic carbocycles. The van der Waals surface area contributed by atoms with Crippen molar-refractivity contribution in [3.63, 3.8) is 0 Å². The number of amides is 2. The largest absolute Gasteiger partial charge is 0.481 e. The monoisotopic (exact) mass is 452 g/mol. The number of fused-ring (bicyclic) bond motifs is 3. The van der Waals surface area contributed by atoms with E-state index in [1.54, 1.807) is 0 Å². The molecule has 8 heteroatoms. The molecule has 2 aliphatic rings. The van der Waals surface area contributed by atoms with E-state index >= 15 is 0 Å². The molecule has 3 N–H and O–H groups in total. The van der Waals surface area contributed by atoms with Crippen LogP contribution in [-0.4, -0.2) is 55.5 Å². The lowest BCUT2D eigenvalue weighted by Crippen LogP contribution is -2.42. The Balaban J connectivity index is 1.15. The molecular weight excluding hydrogens is 424 g/mol. The van der Waals surface area contributed by atoms with Gasteiger partial charge in [0.25, 0.3) is 0 Å². The minimum atomic E-state index is -0.883. The molecule has 1 saturated carbocycles. The van der Waals surface area contributed by atoms with E-state index in [0.717, 1.165) is 17.5 Å². The number of ether oxygens (including phenoxy) is 2. The number of hydrogen-bond acceptors (Lipinski definition) is 5. The van der Waals surface area contributed by atoms with Gasteiger partial charge in [-0.3, -0.25) is 9.59 Å². The van der Waals surface area contributed by atoms with Crippen molar-refractivity contribution < 1.29 is 29.0 Å². The highest BCUT2D eigenvalue weighted by molar-refractivity contribution is 5.80. The summed E-state index contributed by atoms with van der Waals surface area (Å²) in [6, 6.07) is 15.9. The van der Waals surface area contributed by atoms with Gasteiger partial charge in [-0.1, -0.05) is 55.0 Å². The van der Waals surface area contributed by atoms with E-state index in [2.05, 4.69) is 34.9 Å². The molecule has 0 aromatic heterocycles. The van der Waals surface area contributed by atoms with E-state index in [-0.39, 0.29) is 44.2 Å². The first-order chi connectivity index (χ1) is 16.0. The van der Waals surface area contributed by atoms with E-state index in [1.807, 2.05) is 24.3 Å². The Hall–Kier alpha value is -3.39. The maximum Gasteiger partial charge on any atom is 0.407 e. The number of carbonyl (C=O) groups excluding carboxylic acids is 2. The zero-order valence-corrected chi connectivity index (χ0v) is 18.3. The highest BCUT2D eigenvalue weighted by Crippen LogP contribution is 2.44. The van der Waals surface area contributed by atoms with Gasteiger partial charge >= 0.3 is 12.1 Å². The van der Waals surface area contributed by atoms with Gasteiger partial charge in [-0.25, -0.2) is 4.79 Å². The molecule has 0 aliphatic heterocycles. The Labute approximate surface area is 192 Å². The van der Waals surface area contributed by atoms with Crippen molar-refractivity contribution >= 4 is 18.0 Å². The zero-order valence-electron chi connectivity index (χ0n) is 18.3. The van der Waals surface area contributed by atoms with Crippen LogP contribution in [0.15, 0.2) is 48.5 Å². The first kappa shape index (κ1) is 22.8. The van der Waals surface area contributed by atoms with Crippen LogP contribution in [0.3, 0.4) is 0 Å². The van der Waals surface area contributed by atoms with Crippen LogP contribution >= 0.6 is 0 Å². The number of carboxylic acids is 1. The molecule has 4 rings (SSSR count). The number of nitrogens with one attached hydrogen (secondary N) is 2. The molecule has 0 saturated heterocycles. The Morgan fingerprint density at radius 3 is 2.30 bits per heavy atom. The van der Waals surface area contributed by atoms with E-state index in [4.69, 9.17) is 14.6 Å². The lowest BCUT2D eigenvalue weighted by atomic mass is 9.98. The van der Waals surface area contributed by atoms with E-state index in [0.29, 0.717) is 12.8 Å². The molecule has 33 heavy (non-hydrogen) atoms. The molecule has 0 spiro atoms. The Kier molecular flexibility index (Phi) is 7.24. The van der Waals surface area contributed by atoms with Crippen molar-refractivity contribution in [2.75, 3.05) is 26.4 Å². The molecule has 2 amide bonds. The van der Waals surface area contributed by atoms with Crippen LogP contribution in [0, 0.1) is 5.92 Å². The van der Waals surface area contributed by atoms with Gasteiger partial charge in [-0.2, -0.15) is 0 Å². The maximum atomic E-state index is 12.1. The second kappa shape index (κ2) is 10.5. The minimum Gasteiger partial charge on any atom is -0.481 e. The van der Waals surface area contributed by atoms with E-state index < -0.39 is 18.0 Å². The Morgan fingerprint density at radius 1 is 0.970 bits per heavy atom. The second-order valence-electron chi connectivity index (χ2n) is 8.35. The van der Waals surface area contributed by atoms with Crippen molar-refractivity contribution in [3.05, 3.63) is 59.7 Å². The quantitative estimate of drug-likeness (QED) is 0.504. The molecule has 0 bridgehead atoms. The number of aliphatic carboxylic acids is 1. The van der Waals surface area contributed by atoms with Gasteiger partial charge in [0.15, 0.2) is 0 Å². The van der Waals surface area contributed by atoms with Gasteiger partial charge in [0, 0.05) is 18.5 Å². The van der Waals surface area contributed by atoms with Crippen LogP contribution in [0.1, 0.15) is 36.3 Å². The minimum absolute atomic E-state index is 0.00619. The number of hydrogen-bond donors (Lipinski definition) is 3. The van der Waals surface area contributed by atoms with Crippen LogP contribution in [0.2, 0.25) is 0 Å². The van der Waals surface area contributed by atoms with Crippen molar-refractivity contribution in [1.82, 2.24) is 10.6 Å². The SMILES string of the molecule is O=C(COCCNC(=O)OCC1c2ccccc2-c2ccccc21)N[C@H]1CCC[C@H]1C(=O)O.